The van der Waals surface area contributed by atoms with E-state index in [1.165, 1.54) is 0 Å². The van der Waals surface area contributed by atoms with Crippen molar-refractivity contribution in [1.82, 2.24) is 4.90 Å². The van der Waals surface area contributed by atoms with Crippen LogP contribution in [0.15, 0.2) is 0 Å². The summed E-state index contributed by atoms with van der Waals surface area (Å²) in [6.07, 6.45) is -3.68. The van der Waals surface area contributed by atoms with Gasteiger partial charge in [-0.25, -0.2) is 9.29 Å². The molecule has 15 heavy (non-hydrogen) atoms. The van der Waals surface area contributed by atoms with Crippen molar-refractivity contribution in [2.24, 2.45) is 0 Å². The molecule has 0 aromatic rings. The summed E-state index contributed by atoms with van der Waals surface area (Å²) in [7, 11) is -2.41. The second kappa shape index (κ2) is 8.96. The maximum atomic E-state index is 12.8. The molecule has 1 aliphatic rings. The molecule has 1 atom stereocenters. The number of morpholine rings is 1. The van der Waals surface area contributed by atoms with Gasteiger partial charge in [0.2, 0.25) is 0 Å². The summed E-state index contributed by atoms with van der Waals surface area (Å²) in [4.78, 5) is 0.214. The average molecular weight is 275 g/mol. The van der Waals surface area contributed by atoms with Gasteiger partial charge in [0.1, 0.15) is 0 Å². The van der Waals surface area contributed by atoms with E-state index in [4.69, 9.17) is 0 Å². The van der Waals surface area contributed by atoms with Gasteiger partial charge in [0, 0.05) is 6.54 Å². The van der Waals surface area contributed by atoms with Crippen LogP contribution in [-0.4, -0.2) is 44.0 Å². The fourth-order valence-electron chi connectivity index (χ4n) is 1.05. The first kappa shape index (κ1) is 20.3. The van der Waals surface area contributed by atoms with Crippen molar-refractivity contribution in [2.45, 2.75) is 12.4 Å². The van der Waals surface area contributed by atoms with Gasteiger partial charge in [-0.2, -0.15) is 8.78 Å². The van der Waals surface area contributed by atoms with Crippen molar-refractivity contribution >= 4 is 7.12 Å². The molecule has 0 aromatic carbocycles. The molecular formula is C5H7BF3K2NO3. The van der Waals surface area contributed by atoms with E-state index in [1.807, 2.05) is 0 Å². The summed E-state index contributed by atoms with van der Waals surface area (Å²) in [5, 5.41) is 20.2. The van der Waals surface area contributed by atoms with Crippen LogP contribution in [0.2, 0.25) is 0 Å². The van der Waals surface area contributed by atoms with Gasteiger partial charge in [-0.3, -0.25) is 0 Å². The Labute approximate surface area is 171 Å². The minimum Gasteiger partial charge on any atom is -0.892 e. The number of halogens is 3. The SMILES string of the molecule is [K+].[K+].[O-]B([O-])CN1CCOC(F)C1(F)F. The van der Waals surface area contributed by atoms with Gasteiger partial charge < -0.3 is 14.8 Å². The normalized spacial score (nSPS) is 25.0. The molecule has 76 valence electrons. The minimum absolute atomic E-state index is 0. The maximum absolute atomic E-state index is 12.8. The van der Waals surface area contributed by atoms with Gasteiger partial charge in [0.25, 0.3) is 6.36 Å². The maximum Gasteiger partial charge on any atom is 1.00 e. The second-order valence-corrected chi connectivity index (χ2v) is 2.65. The van der Waals surface area contributed by atoms with Crippen molar-refractivity contribution in [3.05, 3.63) is 0 Å². The molecular weight excluding hydrogens is 268 g/mol. The van der Waals surface area contributed by atoms with Crippen LogP contribution in [0.1, 0.15) is 0 Å². The van der Waals surface area contributed by atoms with E-state index < -0.39 is 26.0 Å². The number of hydrogen-bond acceptors (Lipinski definition) is 4. The molecule has 0 aromatic heterocycles. The van der Waals surface area contributed by atoms with Gasteiger partial charge in [-0.15, -0.1) is 0 Å². The van der Waals surface area contributed by atoms with Crippen molar-refractivity contribution in [1.29, 1.82) is 0 Å². The first-order valence-corrected chi connectivity index (χ1v) is 3.64. The van der Waals surface area contributed by atoms with Crippen LogP contribution in [0, 0.1) is 0 Å². The Morgan fingerprint density at radius 1 is 1.40 bits per heavy atom. The summed E-state index contributed by atoms with van der Waals surface area (Å²) >= 11 is 0. The van der Waals surface area contributed by atoms with Crippen LogP contribution in [0.5, 0.6) is 0 Å². The smallest absolute Gasteiger partial charge is 0.892 e. The zero-order valence-electron chi connectivity index (χ0n) is 8.58. The third kappa shape index (κ3) is 6.10. The Balaban J connectivity index is 0. The van der Waals surface area contributed by atoms with E-state index in [0.717, 1.165) is 0 Å². The monoisotopic (exact) mass is 275 g/mol. The largest absolute Gasteiger partial charge is 1.00 e. The number of hydrogen-bond donors (Lipinski definition) is 0. The van der Waals surface area contributed by atoms with E-state index >= 15 is 0 Å². The molecule has 10 heteroatoms. The number of alkyl halides is 3. The molecule has 1 rings (SSSR count). The number of ether oxygens (including phenoxy) is 1. The van der Waals surface area contributed by atoms with Gasteiger partial charge in [-0.1, -0.05) is 13.6 Å². The molecule has 0 amide bonds. The van der Waals surface area contributed by atoms with Crippen molar-refractivity contribution in [3.8, 4) is 0 Å². The van der Waals surface area contributed by atoms with Crippen molar-refractivity contribution in [2.75, 3.05) is 19.6 Å². The van der Waals surface area contributed by atoms with Gasteiger partial charge in [0.05, 0.1) is 6.61 Å². The molecule has 0 spiro atoms. The average Bonchev–Trinajstić information content (AvgIpc) is 1.99. The van der Waals surface area contributed by atoms with Crippen LogP contribution >= 0.6 is 0 Å². The van der Waals surface area contributed by atoms with E-state index in [0.29, 0.717) is 0 Å². The first-order chi connectivity index (χ1) is 5.94. The quantitative estimate of drug-likeness (QED) is 0.371. The molecule has 1 unspecified atom stereocenters. The predicted molar refractivity (Wildman–Crippen MR) is 33.1 cm³/mol. The van der Waals surface area contributed by atoms with Gasteiger partial charge in [0.15, 0.2) is 0 Å². The molecule has 0 bridgehead atoms. The zero-order chi connectivity index (χ0) is 10.1. The van der Waals surface area contributed by atoms with Crippen molar-refractivity contribution in [3.63, 3.8) is 0 Å². The molecule has 0 aliphatic carbocycles. The summed E-state index contributed by atoms with van der Waals surface area (Å²) in [6, 6.07) is -3.87. The fourth-order valence-corrected chi connectivity index (χ4v) is 1.05. The first-order valence-electron chi connectivity index (χ1n) is 3.64. The van der Waals surface area contributed by atoms with Crippen molar-refractivity contribution < 1.29 is 131 Å². The minimum atomic E-state index is -3.87. The van der Waals surface area contributed by atoms with Crippen LogP contribution in [0.25, 0.3) is 0 Å². The molecule has 1 heterocycles. The summed E-state index contributed by atoms with van der Waals surface area (Å²) in [6.45, 7) is -0.558. The Morgan fingerprint density at radius 2 is 1.93 bits per heavy atom. The van der Waals surface area contributed by atoms with E-state index in [9.17, 15) is 23.2 Å². The fraction of sp³-hybridized carbons (Fsp3) is 1.00. The Bertz CT molecular complexity index is 191. The third-order valence-electron chi connectivity index (χ3n) is 1.69. The van der Waals surface area contributed by atoms with E-state index in [-0.39, 0.29) is 121 Å². The van der Waals surface area contributed by atoms with Gasteiger partial charge in [-0.05, 0) is 0 Å². The second-order valence-electron chi connectivity index (χ2n) is 2.65. The number of nitrogens with zero attached hydrogens (tertiary/aromatic N) is 1. The summed E-state index contributed by atoms with van der Waals surface area (Å²) < 4.78 is 42.0. The van der Waals surface area contributed by atoms with Gasteiger partial charge >= 0.3 is 109 Å². The van der Waals surface area contributed by atoms with Crippen LogP contribution in [-0.2, 0) is 4.74 Å². The Hall–Kier alpha value is 2.97. The van der Waals surface area contributed by atoms with E-state index in [1.54, 1.807) is 0 Å². The Morgan fingerprint density at radius 3 is 2.40 bits per heavy atom. The molecule has 1 fully saturated rings. The molecule has 1 aliphatic heterocycles. The number of rotatable bonds is 2. The molecule has 1 saturated heterocycles. The summed E-state index contributed by atoms with van der Waals surface area (Å²) in [5.41, 5.74) is 0. The molecule has 0 saturated carbocycles. The van der Waals surface area contributed by atoms with Crippen LogP contribution < -0.4 is 113 Å². The molecule has 4 nitrogen and oxygen atoms in total. The predicted octanol–water partition coefficient (Wildman–Crippen LogP) is -8.04. The zero-order valence-corrected chi connectivity index (χ0v) is 14.8. The third-order valence-corrected chi connectivity index (χ3v) is 1.69. The summed E-state index contributed by atoms with van der Waals surface area (Å²) in [5.74, 6) is 0. The molecule has 0 radical (unpaired) electrons. The standard InChI is InChI=1S/C5H7BF3NO3.2K/c7-4-5(8,9)10(1-2-13-4)3-6(11)12;;/h4H,1-3H2;;/q-2;2*+1. The Kier molecular flexibility index (Phi) is 12.1. The topological polar surface area (TPSA) is 58.6 Å². The van der Waals surface area contributed by atoms with E-state index in [2.05, 4.69) is 4.74 Å². The molecule has 0 N–H and O–H groups in total. The van der Waals surface area contributed by atoms with Crippen LogP contribution in [0.3, 0.4) is 0 Å². The van der Waals surface area contributed by atoms with Crippen LogP contribution in [0.4, 0.5) is 13.2 Å².